The first-order valence-electron chi connectivity index (χ1n) is 15.0. The van der Waals surface area contributed by atoms with E-state index in [2.05, 4.69) is 5.32 Å². The van der Waals surface area contributed by atoms with E-state index in [4.69, 9.17) is 23.2 Å². The van der Waals surface area contributed by atoms with Gasteiger partial charge in [-0.25, -0.2) is 8.42 Å². The van der Waals surface area contributed by atoms with Crippen LogP contribution < -0.4 is 9.62 Å². The van der Waals surface area contributed by atoms with Crippen LogP contribution in [0.4, 0.5) is 18.9 Å². The number of sulfonamides is 1. The van der Waals surface area contributed by atoms with Gasteiger partial charge >= 0.3 is 6.18 Å². The molecule has 0 aliphatic carbocycles. The average Bonchev–Trinajstić information content (AvgIpc) is 3.05. The Balaban J connectivity index is 1.85. The first kappa shape index (κ1) is 36.8. The van der Waals surface area contributed by atoms with Gasteiger partial charge in [-0.3, -0.25) is 13.9 Å². The summed E-state index contributed by atoms with van der Waals surface area (Å²) in [5, 5.41) is 2.64. The molecule has 1 N–H and O–H groups in total. The van der Waals surface area contributed by atoms with Crippen molar-refractivity contribution in [3.63, 3.8) is 0 Å². The molecular formula is C35H34Cl2F3N3O4S. The Morgan fingerprint density at radius 2 is 1.52 bits per heavy atom. The van der Waals surface area contributed by atoms with Crippen molar-refractivity contribution >= 4 is 50.7 Å². The lowest BCUT2D eigenvalue weighted by Crippen LogP contribution is -2.53. The second kappa shape index (κ2) is 15.9. The van der Waals surface area contributed by atoms with E-state index in [9.17, 15) is 31.2 Å². The molecule has 254 valence electrons. The number of hydrogen-bond donors (Lipinski definition) is 1. The van der Waals surface area contributed by atoms with Crippen molar-refractivity contribution in [3.8, 4) is 0 Å². The molecular weight excluding hydrogens is 686 g/mol. The van der Waals surface area contributed by atoms with Gasteiger partial charge in [0.15, 0.2) is 0 Å². The molecule has 4 aromatic carbocycles. The fraction of sp³-hybridized carbons (Fsp3) is 0.257. The Morgan fingerprint density at radius 1 is 0.875 bits per heavy atom. The highest BCUT2D eigenvalue weighted by atomic mass is 35.5. The van der Waals surface area contributed by atoms with E-state index in [0.29, 0.717) is 33.9 Å². The Morgan fingerprint density at radius 3 is 2.12 bits per heavy atom. The molecule has 7 nitrogen and oxygen atoms in total. The monoisotopic (exact) mass is 719 g/mol. The average molecular weight is 721 g/mol. The second-order valence-electron chi connectivity index (χ2n) is 11.1. The summed E-state index contributed by atoms with van der Waals surface area (Å²) in [5.74, 6) is -1.29. The van der Waals surface area contributed by atoms with Crippen molar-refractivity contribution < 1.29 is 31.2 Å². The lowest BCUT2D eigenvalue weighted by Gasteiger charge is -2.34. The zero-order valence-corrected chi connectivity index (χ0v) is 28.5. The molecule has 13 heteroatoms. The molecule has 48 heavy (non-hydrogen) atoms. The van der Waals surface area contributed by atoms with Gasteiger partial charge in [0.25, 0.3) is 10.0 Å². The minimum absolute atomic E-state index is 0.0829. The third-order valence-electron chi connectivity index (χ3n) is 7.52. The summed E-state index contributed by atoms with van der Waals surface area (Å²) in [5.41, 5.74) is 0.380. The summed E-state index contributed by atoms with van der Waals surface area (Å²) in [7, 11) is -4.61. The van der Waals surface area contributed by atoms with Gasteiger partial charge in [0.1, 0.15) is 12.6 Å². The van der Waals surface area contributed by atoms with E-state index in [-0.39, 0.29) is 17.9 Å². The number of nitrogens with zero attached hydrogens (tertiary/aromatic N) is 2. The number of halogens is 5. The van der Waals surface area contributed by atoms with Crippen molar-refractivity contribution in [1.82, 2.24) is 10.2 Å². The predicted octanol–water partition coefficient (Wildman–Crippen LogP) is 7.68. The minimum Gasteiger partial charge on any atom is -0.354 e. The number of anilines is 1. The van der Waals surface area contributed by atoms with E-state index in [1.807, 2.05) is 6.92 Å². The molecule has 0 fully saturated rings. The maximum absolute atomic E-state index is 14.5. The Labute approximate surface area is 288 Å². The number of amides is 2. The summed E-state index contributed by atoms with van der Waals surface area (Å²) < 4.78 is 70.7. The van der Waals surface area contributed by atoms with Crippen molar-refractivity contribution in [2.75, 3.05) is 17.4 Å². The zero-order valence-electron chi connectivity index (χ0n) is 26.2. The molecule has 0 radical (unpaired) electrons. The number of nitrogens with one attached hydrogen (secondary N) is 1. The molecule has 4 rings (SSSR count). The van der Waals surface area contributed by atoms with E-state index in [0.717, 1.165) is 23.3 Å². The summed E-state index contributed by atoms with van der Waals surface area (Å²) in [6.45, 7) is 2.90. The molecule has 1 atom stereocenters. The fourth-order valence-electron chi connectivity index (χ4n) is 4.96. The number of carbonyl (C=O) groups excluding carboxylic acids is 2. The Hall–Kier alpha value is -4.06. The standard InChI is InChI=1S/C35H34Cl2F3N3O4S/c1-3-19-41-34(45)32(20-25-7-5-4-6-8-25)42(22-26-11-13-27(36)14-12-26)33(44)23-43(48(46,47)29-16-9-24(2)10-17-29)28-15-18-31(37)30(21-28)35(38,39)40/h4-18,21,32H,3,19-20,22-23H2,1-2H3,(H,41,45). The lowest BCUT2D eigenvalue weighted by molar-refractivity contribution is -0.140. The number of aryl methyl sites for hydroxylation is 1. The van der Waals surface area contributed by atoms with Gasteiger partial charge in [0.05, 0.1) is 21.2 Å². The SMILES string of the molecule is CCCNC(=O)C(Cc1ccccc1)N(Cc1ccc(Cl)cc1)C(=O)CN(c1ccc(Cl)c(C(F)(F)F)c1)S(=O)(=O)c1ccc(C)cc1. The van der Waals surface area contributed by atoms with Crippen molar-refractivity contribution in [3.05, 3.63) is 129 Å². The van der Waals surface area contributed by atoms with Gasteiger partial charge in [-0.1, -0.05) is 90.3 Å². The predicted molar refractivity (Wildman–Crippen MR) is 181 cm³/mol. The summed E-state index contributed by atoms with van der Waals surface area (Å²) >= 11 is 12.0. The number of alkyl halides is 3. The van der Waals surface area contributed by atoms with E-state index in [1.165, 1.54) is 29.2 Å². The van der Waals surface area contributed by atoms with Gasteiger partial charge in [-0.2, -0.15) is 13.2 Å². The molecule has 4 aromatic rings. The molecule has 0 aromatic heterocycles. The highest BCUT2D eigenvalue weighted by Gasteiger charge is 2.37. The van der Waals surface area contributed by atoms with Crippen molar-refractivity contribution in [2.45, 2.75) is 50.3 Å². The van der Waals surface area contributed by atoms with Gasteiger partial charge in [-0.05, 0) is 66.9 Å². The molecule has 0 aliphatic rings. The molecule has 0 heterocycles. The Kier molecular flexibility index (Phi) is 12.2. The van der Waals surface area contributed by atoms with Crippen LogP contribution in [0, 0.1) is 6.92 Å². The van der Waals surface area contributed by atoms with Crippen LogP contribution in [0.15, 0.2) is 102 Å². The molecule has 0 saturated carbocycles. The quantitative estimate of drug-likeness (QED) is 0.154. The Bertz CT molecular complexity index is 1820. The highest BCUT2D eigenvalue weighted by molar-refractivity contribution is 7.92. The van der Waals surface area contributed by atoms with Gasteiger partial charge < -0.3 is 10.2 Å². The molecule has 2 amide bonds. The summed E-state index contributed by atoms with van der Waals surface area (Å²) in [4.78, 5) is 29.2. The second-order valence-corrected chi connectivity index (χ2v) is 13.8. The topological polar surface area (TPSA) is 86.8 Å². The van der Waals surface area contributed by atoms with Crippen molar-refractivity contribution in [2.24, 2.45) is 0 Å². The summed E-state index contributed by atoms with van der Waals surface area (Å²) in [6, 6.07) is 22.8. The third-order valence-corrected chi connectivity index (χ3v) is 9.89. The van der Waals surface area contributed by atoms with Crippen LogP contribution in [0.3, 0.4) is 0 Å². The smallest absolute Gasteiger partial charge is 0.354 e. The largest absolute Gasteiger partial charge is 0.417 e. The first-order valence-corrected chi connectivity index (χ1v) is 17.2. The first-order chi connectivity index (χ1) is 22.7. The maximum Gasteiger partial charge on any atom is 0.417 e. The van der Waals surface area contributed by atoms with E-state index < -0.39 is 56.9 Å². The number of carbonyl (C=O) groups is 2. The fourth-order valence-corrected chi connectivity index (χ4v) is 6.71. The highest BCUT2D eigenvalue weighted by Crippen LogP contribution is 2.38. The summed E-state index contributed by atoms with van der Waals surface area (Å²) in [6.07, 6.45) is -4.20. The van der Waals surface area contributed by atoms with Gasteiger partial charge in [0, 0.05) is 24.5 Å². The maximum atomic E-state index is 14.5. The van der Waals surface area contributed by atoms with Crippen molar-refractivity contribution in [1.29, 1.82) is 0 Å². The molecule has 0 aliphatic heterocycles. The van der Waals surface area contributed by atoms with Crippen LogP contribution >= 0.6 is 23.2 Å². The van der Waals surface area contributed by atoms with Crippen LogP contribution in [-0.4, -0.2) is 44.3 Å². The normalized spacial score (nSPS) is 12.3. The molecule has 0 saturated heterocycles. The minimum atomic E-state index is -4.91. The zero-order chi connectivity index (χ0) is 35.1. The number of rotatable bonds is 13. The number of benzene rings is 4. The van der Waals surface area contributed by atoms with Crippen LogP contribution in [0.2, 0.25) is 10.0 Å². The van der Waals surface area contributed by atoms with Crippen LogP contribution in [0.25, 0.3) is 0 Å². The third kappa shape index (κ3) is 9.30. The molecule has 0 spiro atoms. The van der Waals surface area contributed by atoms with Gasteiger partial charge in [0.2, 0.25) is 11.8 Å². The number of hydrogen-bond acceptors (Lipinski definition) is 4. The van der Waals surface area contributed by atoms with Gasteiger partial charge in [-0.15, -0.1) is 0 Å². The molecule has 1 unspecified atom stereocenters. The van der Waals surface area contributed by atoms with Crippen LogP contribution in [0.5, 0.6) is 0 Å². The van der Waals surface area contributed by atoms with E-state index in [1.54, 1.807) is 61.5 Å². The van der Waals surface area contributed by atoms with Crippen LogP contribution in [0.1, 0.15) is 35.6 Å². The lowest BCUT2D eigenvalue weighted by atomic mass is 10.0. The van der Waals surface area contributed by atoms with Crippen LogP contribution in [-0.2, 0) is 38.8 Å². The van der Waals surface area contributed by atoms with E-state index >= 15 is 0 Å². The molecule has 0 bridgehead atoms.